The summed E-state index contributed by atoms with van der Waals surface area (Å²) in [6.45, 7) is 8.55. The van der Waals surface area contributed by atoms with Gasteiger partial charge in [0, 0.05) is 0 Å². The molecule has 0 aromatic rings. The summed E-state index contributed by atoms with van der Waals surface area (Å²) in [5.74, 6) is -1.54. The molecule has 2 bridgehead atoms. The van der Waals surface area contributed by atoms with E-state index in [1.165, 1.54) is 0 Å². The third-order valence-corrected chi connectivity index (χ3v) is 10.1. The van der Waals surface area contributed by atoms with Crippen LogP contribution in [0.5, 0.6) is 0 Å². The van der Waals surface area contributed by atoms with Gasteiger partial charge in [-0.2, -0.15) is 0 Å². The molecule has 4 fully saturated rings. The highest BCUT2D eigenvalue weighted by atomic mass is 16.4. The molecule has 7 N–H and O–H groups in total. The van der Waals surface area contributed by atoms with Crippen LogP contribution in [0.15, 0.2) is 12.2 Å². The van der Waals surface area contributed by atoms with Crippen LogP contribution < -0.4 is 0 Å². The Kier molecular flexibility index (Phi) is 7.81. The highest BCUT2D eigenvalue weighted by molar-refractivity contribution is 5.75. The van der Waals surface area contributed by atoms with Gasteiger partial charge in [-0.3, -0.25) is 4.79 Å². The SMILES string of the molecule is C=C1C[C@@]23CC[C@H]4[C@@](C)(CCC[C@@]4(C)C(=O)O)[C@@H]2CC[C@]1(O)C3.O=C[C@H](O)[C@@H](O)[C@H](O)[C@H](O)C(=O)O. The van der Waals surface area contributed by atoms with Crippen molar-refractivity contribution in [1.29, 1.82) is 0 Å². The lowest BCUT2D eigenvalue weighted by molar-refractivity contribution is -0.186. The van der Waals surface area contributed by atoms with Crippen LogP contribution in [0, 0.1) is 28.1 Å². The number of fused-ring (bicyclic) bond motifs is 3. The molecule has 4 aliphatic rings. The van der Waals surface area contributed by atoms with Gasteiger partial charge in [-0.05, 0) is 86.5 Å². The van der Waals surface area contributed by atoms with Crippen molar-refractivity contribution in [3.05, 3.63) is 12.2 Å². The number of hydrogen-bond acceptors (Lipinski definition) is 8. The Morgan fingerprint density at radius 3 is 2.14 bits per heavy atom. The second kappa shape index (κ2) is 9.79. The molecule has 0 radical (unpaired) electrons. The van der Waals surface area contributed by atoms with E-state index in [1.807, 2.05) is 6.92 Å². The minimum atomic E-state index is -2.25. The first-order valence-corrected chi connectivity index (χ1v) is 12.6. The summed E-state index contributed by atoms with van der Waals surface area (Å²) in [5.41, 5.74) is 0.128. The normalized spacial score (nSPS) is 42.5. The van der Waals surface area contributed by atoms with E-state index in [9.17, 15) is 24.6 Å². The minimum absolute atomic E-state index is 0.0809. The Balaban J connectivity index is 0.000000240. The number of carbonyl (C=O) groups excluding carboxylic acids is 1. The van der Waals surface area contributed by atoms with Crippen LogP contribution in [0.25, 0.3) is 0 Å². The van der Waals surface area contributed by atoms with E-state index in [4.69, 9.17) is 25.5 Å². The van der Waals surface area contributed by atoms with Crippen molar-refractivity contribution in [2.75, 3.05) is 0 Å². The number of aldehydes is 1. The average molecular weight is 513 g/mol. The number of aliphatic carboxylic acids is 2. The van der Waals surface area contributed by atoms with E-state index in [2.05, 4.69) is 13.5 Å². The molecule has 10 nitrogen and oxygen atoms in total. The van der Waals surface area contributed by atoms with Gasteiger partial charge in [0.15, 0.2) is 12.4 Å². The largest absolute Gasteiger partial charge is 0.481 e. The smallest absolute Gasteiger partial charge is 0.335 e. The summed E-state index contributed by atoms with van der Waals surface area (Å²) in [7, 11) is 0. The van der Waals surface area contributed by atoms with E-state index >= 15 is 0 Å². The second-order valence-electron chi connectivity index (χ2n) is 12.0. The van der Waals surface area contributed by atoms with Crippen LogP contribution in [0.4, 0.5) is 0 Å². The molecule has 36 heavy (non-hydrogen) atoms. The van der Waals surface area contributed by atoms with Crippen molar-refractivity contribution >= 4 is 18.2 Å². The Morgan fingerprint density at radius 1 is 0.972 bits per heavy atom. The van der Waals surface area contributed by atoms with Gasteiger partial charge in [0.1, 0.15) is 18.3 Å². The van der Waals surface area contributed by atoms with Crippen LogP contribution >= 0.6 is 0 Å². The molecule has 0 saturated heterocycles. The minimum Gasteiger partial charge on any atom is -0.481 e. The monoisotopic (exact) mass is 512 g/mol. The third-order valence-electron chi connectivity index (χ3n) is 10.1. The predicted molar refractivity (Wildman–Crippen MR) is 127 cm³/mol. The Labute approximate surface area is 210 Å². The summed E-state index contributed by atoms with van der Waals surface area (Å²) < 4.78 is 0. The maximum atomic E-state index is 12.0. The fourth-order valence-corrected chi connectivity index (χ4v) is 8.22. The molecule has 0 aliphatic heterocycles. The molecule has 0 heterocycles. The number of carboxylic acid groups (broad SMARTS) is 2. The Morgan fingerprint density at radius 2 is 1.58 bits per heavy atom. The van der Waals surface area contributed by atoms with Crippen molar-refractivity contribution in [2.45, 2.75) is 102 Å². The fourth-order valence-electron chi connectivity index (χ4n) is 8.22. The quantitative estimate of drug-likeness (QED) is 0.198. The maximum Gasteiger partial charge on any atom is 0.335 e. The van der Waals surface area contributed by atoms with Gasteiger partial charge in [0.25, 0.3) is 0 Å². The van der Waals surface area contributed by atoms with Crippen LogP contribution in [-0.4, -0.2) is 84.0 Å². The lowest BCUT2D eigenvalue weighted by Crippen LogP contribution is -2.59. The number of carboxylic acids is 2. The van der Waals surface area contributed by atoms with Gasteiger partial charge in [-0.25, -0.2) is 4.79 Å². The molecule has 204 valence electrons. The van der Waals surface area contributed by atoms with E-state index in [1.54, 1.807) is 0 Å². The van der Waals surface area contributed by atoms with Gasteiger partial charge in [0.2, 0.25) is 0 Å². The predicted octanol–water partition coefficient (Wildman–Crippen LogP) is 0.868. The molecule has 0 aromatic carbocycles. The average Bonchev–Trinajstić information content (AvgIpc) is 2.99. The first-order valence-electron chi connectivity index (χ1n) is 12.6. The Bertz CT molecular complexity index is 905. The summed E-state index contributed by atoms with van der Waals surface area (Å²) >= 11 is 0. The third kappa shape index (κ3) is 4.51. The molecular formula is C26H40O10. The van der Waals surface area contributed by atoms with E-state index in [0.29, 0.717) is 5.92 Å². The van der Waals surface area contributed by atoms with Crippen LogP contribution in [-0.2, 0) is 14.4 Å². The van der Waals surface area contributed by atoms with Gasteiger partial charge in [-0.15, -0.1) is 0 Å². The van der Waals surface area contributed by atoms with Crippen molar-refractivity contribution < 1.29 is 50.1 Å². The zero-order valence-electron chi connectivity index (χ0n) is 21.0. The summed E-state index contributed by atoms with van der Waals surface area (Å²) in [4.78, 5) is 32.0. The fraction of sp³-hybridized carbons (Fsp3) is 0.808. The molecule has 0 aromatic heterocycles. The second-order valence-corrected chi connectivity index (χ2v) is 12.0. The van der Waals surface area contributed by atoms with E-state index in [0.717, 1.165) is 63.4 Å². The van der Waals surface area contributed by atoms with Crippen LogP contribution in [0.3, 0.4) is 0 Å². The number of aliphatic hydroxyl groups is 5. The van der Waals surface area contributed by atoms with Gasteiger partial charge >= 0.3 is 11.9 Å². The van der Waals surface area contributed by atoms with E-state index < -0.39 is 47.4 Å². The lowest BCUT2D eigenvalue weighted by Gasteiger charge is -2.63. The number of carbonyl (C=O) groups is 3. The highest BCUT2D eigenvalue weighted by Gasteiger charge is 2.67. The van der Waals surface area contributed by atoms with Crippen molar-refractivity contribution in [1.82, 2.24) is 0 Å². The lowest BCUT2D eigenvalue weighted by atomic mass is 9.41. The van der Waals surface area contributed by atoms with Crippen molar-refractivity contribution in [3.8, 4) is 0 Å². The zero-order chi connectivity index (χ0) is 27.3. The van der Waals surface area contributed by atoms with E-state index in [-0.39, 0.29) is 23.0 Å². The summed E-state index contributed by atoms with van der Waals surface area (Å²) in [5, 5.41) is 64.0. The zero-order valence-corrected chi connectivity index (χ0v) is 21.0. The number of hydrogen-bond donors (Lipinski definition) is 7. The topological polar surface area (TPSA) is 193 Å². The molecule has 0 unspecified atom stereocenters. The van der Waals surface area contributed by atoms with Crippen molar-refractivity contribution in [3.63, 3.8) is 0 Å². The number of aliphatic hydroxyl groups excluding tert-OH is 4. The first kappa shape index (κ1) is 28.7. The van der Waals surface area contributed by atoms with Gasteiger partial charge in [0.05, 0.1) is 11.0 Å². The first-order chi connectivity index (χ1) is 16.6. The van der Waals surface area contributed by atoms with Crippen LogP contribution in [0.1, 0.15) is 71.6 Å². The maximum absolute atomic E-state index is 12.0. The molecule has 4 rings (SSSR count). The summed E-state index contributed by atoms with van der Waals surface area (Å²) in [6, 6.07) is 0. The van der Waals surface area contributed by atoms with Crippen LogP contribution in [0.2, 0.25) is 0 Å². The van der Waals surface area contributed by atoms with Gasteiger partial charge in [-0.1, -0.05) is 19.9 Å². The molecule has 1 spiro atoms. The molecular weight excluding hydrogens is 472 g/mol. The summed E-state index contributed by atoms with van der Waals surface area (Å²) in [6.07, 6.45) is 0.363. The Hall–Kier alpha value is -1.85. The molecule has 4 aliphatic carbocycles. The van der Waals surface area contributed by atoms with Gasteiger partial charge < -0.3 is 40.5 Å². The standard InChI is InChI=1S/C20H30O3.C6H10O7/c1-13-11-19-9-5-14-17(2,7-4-8-18(14,3)16(21)22)15(19)6-10-20(13,23)12-19;7-1-2(8)3(9)4(10)5(11)6(12)13/h14-15,23H,1,4-12H2,2-3H3,(H,21,22);1-5,8-11H,(H,12,13)/t14-,15-,17+,18+,19+,20-;2-,3+,4-,5-/m00/s1. The molecule has 10 atom stereocenters. The number of rotatable bonds is 6. The molecule has 10 heteroatoms. The molecule has 4 saturated carbocycles. The van der Waals surface area contributed by atoms with Crippen molar-refractivity contribution in [2.24, 2.45) is 28.1 Å². The highest BCUT2D eigenvalue weighted by Crippen LogP contribution is 2.72. The molecule has 0 amide bonds.